The monoisotopic (exact) mass is 380 g/mol. The zero-order valence-corrected chi connectivity index (χ0v) is 14.6. The summed E-state index contributed by atoms with van der Waals surface area (Å²) in [5.74, 6) is -0.0407. The smallest absolute Gasteiger partial charge is 0.170 e. The van der Waals surface area contributed by atoms with E-state index >= 15 is 0 Å². The van der Waals surface area contributed by atoms with Crippen molar-refractivity contribution in [3.63, 3.8) is 0 Å². The Morgan fingerprint density at radius 3 is 2.12 bits per heavy atom. The molecule has 0 heterocycles. The van der Waals surface area contributed by atoms with Crippen molar-refractivity contribution in [1.82, 2.24) is 0 Å². The van der Waals surface area contributed by atoms with Crippen LogP contribution in [0.15, 0.2) is 83.3 Å². The number of ketones is 1. The Hall–Kier alpha value is -2.39. The topological polar surface area (TPSA) is 37.3 Å². The first-order valence-electron chi connectivity index (χ1n) is 7.76. The van der Waals surface area contributed by atoms with Gasteiger partial charge in [-0.2, -0.15) is 0 Å². The second kappa shape index (κ2) is 7.45. The van der Waals surface area contributed by atoms with Gasteiger partial charge in [0.25, 0.3) is 0 Å². The molecule has 24 heavy (non-hydrogen) atoms. The van der Waals surface area contributed by atoms with Crippen LogP contribution < -0.4 is 0 Å². The number of carbonyl (C=O) groups excluding carboxylic acids is 1. The molecule has 0 fully saturated rings. The van der Waals surface area contributed by atoms with E-state index in [1.807, 2.05) is 54.6 Å². The molecule has 1 atom stereocenters. The third kappa shape index (κ3) is 3.92. The van der Waals surface area contributed by atoms with Crippen LogP contribution in [0.2, 0.25) is 0 Å². The lowest BCUT2D eigenvalue weighted by Gasteiger charge is -2.17. The molecule has 3 aromatic carbocycles. The molecule has 3 heteroatoms. The Balaban J connectivity index is 1.96. The van der Waals surface area contributed by atoms with Gasteiger partial charge >= 0.3 is 0 Å². The summed E-state index contributed by atoms with van der Waals surface area (Å²) in [6, 6.07) is 24.3. The predicted octanol–water partition coefficient (Wildman–Crippen LogP) is 5.36. The minimum atomic E-state index is -0.259. The van der Waals surface area contributed by atoms with Gasteiger partial charge in [-0.25, -0.2) is 0 Å². The number of Topliss-reactive ketones (excluding diaryl/α,β-unsaturated/α-hetero) is 1. The second-order valence-electron chi connectivity index (χ2n) is 5.70. The molecule has 0 aliphatic carbocycles. The van der Waals surface area contributed by atoms with Crippen molar-refractivity contribution in [2.24, 2.45) is 0 Å². The van der Waals surface area contributed by atoms with Crippen molar-refractivity contribution in [2.75, 3.05) is 0 Å². The molecule has 1 unspecified atom stereocenters. The first kappa shape index (κ1) is 16.5. The fourth-order valence-corrected chi connectivity index (χ4v) is 3.00. The van der Waals surface area contributed by atoms with Gasteiger partial charge in [0.05, 0.1) is 5.92 Å². The molecule has 2 nitrogen and oxygen atoms in total. The highest BCUT2D eigenvalue weighted by Gasteiger charge is 2.22. The summed E-state index contributed by atoms with van der Waals surface area (Å²) in [6.07, 6.45) is 0.641. The molecule has 3 aromatic rings. The number of phenols is 1. The zero-order chi connectivity index (χ0) is 16.9. The molecule has 0 spiro atoms. The molecule has 0 aliphatic heterocycles. The van der Waals surface area contributed by atoms with Crippen molar-refractivity contribution in [2.45, 2.75) is 12.3 Å². The molecule has 3 rings (SSSR count). The Labute approximate surface area is 149 Å². The Bertz CT molecular complexity index is 809. The molecule has 0 bridgehead atoms. The molecular formula is C21H17BrO2. The average molecular weight is 381 g/mol. The standard InChI is InChI=1S/C21H17BrO2/c22-18-10-6-16(7-11-18)20(14-15-4-2-1-3-5-15)21(24)17-8-12-19(23)13-9-17/h1-13,20,23H,14H2. The number of benzene rings is 3. The minimum absolute atomic E-state index is 0.0566. The summed E-state index contributed by atoms with van der Waals surface area (Å²) >= 11 is 3.44. The molecule has 0 amide bonds. The summed E-state index contributed by atoms with van der Waals surface area (Å²) in [5.41, 5.74) is 2.72. The van der Waals surface area contributed by atoms with Crippen LogP contribution in [0.4, 0.5) is 0 Å². The van der Waals surface area contributed by atoms with Crippen LogP contribution in [-0.2, 0) is 6.42 Å². The summed E-state index contributed by atoms with van der Waals surface area (Å²) < 4.78 is 0.988. The molecule has 1 N–H and O–H groups in total. The SMILES string of the molecule is O=C(c1ccc(O)cc1)C(Cc1ccccc1)c1ccc(Br)cc1. The van der Waals surface area contributed by atoms with E-state index in [2.05, 4.69) is 15.9 Å². The fourth-order valence-electron chi connectivity index (χ4n) is 2.73. The van der Waals surface area contributed by atoms with Crippen molar-refractivity contribution in [1.29, 1.82) is 0 Å². The lowest BCUT2D eigenvalue weighted by atomic mass is 9.85. The molecule has 120 valence electrons. The number of phenolic OH excluding ortho intramolecular Hbond substituents is 1. The van der Waals surface area contributed by atoms with E-state index in [9.17, 15) is 9.90 Å². The van der Waals surface area contributed by atoms with Crippen molar-refractivity contribution in [3.05, 3.63) is 100 Å². The van der Waals surface area contributed by atoms with Gasteiger partial charge in [0.1, 0.15) is 5.75 Å². The lowest BCUT2D eigenvalue weighted by molar-refractivity contribution is 0.0959. The van der Waals surface area contributed by atoms with Crippen molar-refractivity contribution < 1.29 is 9.90 Å². The maximum atomic E-state index is 13.1. The van der Waals surface area contributed by atoms with Gasteiger partial charge in [-0.15, -0.1) is 0 Å². The van der Waals surface area contributed by atoms with Crippen LogP contribution in [0, 0.1) is 0 Å². The van der Waals surface area contributed by atoms with Crippen LogP contribution in [-0.4, -0.2) is 10.9 Å². The maximum Gasteiger partial charge on any atom is 0.170 e. The van der Waals surface area contributed by atoms with Gasteiger partial charge in [-0.3, -0.25) is 4.79 Å². The average Bonchev–Trinajstić information content (AvgIpc) is 2.62. The predicted molar refractivity (Wildman–Crippen MR) is 99.5 cm³/mol. The van der Waals surface area contributed by atoms with Gasteiger partial charge < -0.3 is 5.11 Å². The van der Waals surface area contributed by atoms with E-state index < -0.39 is 0 Å². The third-order valence-electron chi connectivity index (χ3n) is 4.02. The highest BCUT2D eigenvalue weighted by molar-refractivity contribution is 9.10. The number of hydrogen-bond donors (Lipinski definition) is 1. The summed E-state index contributed by atoms with van der Waals surface area (Å²) in [4.78, 5) is 13.1. The quantitative estimate of drug-likeness (QED) is 0.604. The Morgan fingerprint density at radius 2 is 1.50 bits per heavy atom. The minimum Gasteiger partial charge on any atom is -0.508 e. The summed E-state index contributed by atoms with van der Waals surface area (Å²) in [6.45, 7) is 0. The molecule has 0 saturated carbocycles. The molecule has 0 radical (unpaired) electrons. The van der Waals surface area contributed by atoms with E-state index in [0.717, 1.165) is 15.6 Å². The number of rotatable bonds is 5. The van der Waals surface area contributed by atoms with Gasteiger partial charge in [-0.05, 0) is 53.9 Å². The fraction of sp³-hybridized carbons (Fsp3) is 0.0952. The normalized spacial score (nSPS) is 11.9. The van der Waals surface area contributed by atoms with E-state index in [0.29, 0.717) is 12.0 Å². The Morgan fingerprint density at radius 1 is 0.875 bits per heavy atom. The third-order valence-corrected chi connectivity index (χ3v) is 4.55. The second-order valence-corrected chi connectivity index (χ2v) is 6.62. The van der Waals surface area contributed by atoms with Crippen LogP contribution in [0.3, 0.4) is 0 Å². The summed E-state index contributed by atoms with van der Waals surface area (Å²) in [5, 5.41) is 9.44. The number of carbonyl (C=O) groups is 1. The molecule has 0 saturated heterocycles. The molecule has 0 aromatic heterocycles. The van der Waals surface area contributed by atoms with Gasteiger partial charge in [0, 0.05) is 10.0 Å². The van der Waals surface area contributed by atoms with E-state index in [4.69, 9.17) is 0 Å². The highest BCUT2D eigenvalue weighted by atomic mass is 79.9. The maximum absolute atomic E-state index is 13.1. The molecule has 0 aliphatic rings. The van der Waals surface area contributed by atoms with Gasteiger partial charge in [0.2, 0.25) is 0 Å². The van der Waals surface area contributed by atoms with Crippen LogP contribution >= 0.6 is 15.9 Å². The van der Waals surface area contributed by atoms with Gasteiger partial charge in [0.15, 0.2) is 5.78 Å². The first-order chi connectivity index (χ1) is 11.6. The van der Waals surface area contributed by atoms with Crippen LogP contribution in [0.25, 0.3) is 0 Å². The summed E-state index contributed by atoms with van der Waals surface area (Å²) in [7, 11) is 0. The number of halogens is 1. The van der Waals surface area contributed by atoms with E-state index in [-0.39, 0.29) is 17.5 Å². The lowest BCUT2D eigenvalue weighted by Crippen LogP contribution is -2.15. The highest BCUT2D eigenvalue weighted by Crippen LogP contribution is 2.27. The van der Waals surface area contributed by atoms with Gasteiger partial charge in [-0.1, -0.05) is 58.4 Å². The zero-order valence-electron chi connectivity index (χ0n) is 13.0. The van der Waals surface area contributed by atoms with Crippen LogP contribution in [0.1, 0.15) is 27.4 Å². The number of hydrogen-bond acceptors (Lipinski definition) is 2. The van der Waals surface area contributed by atoms with E-state index in [1.54, 1.807) is 24.3 Å². The molecular weight excluding hydrogens is 364 g/mol. The Kier molecular flexibility index (Phi) is 5.11. The van der Waals surface area contributed by atoms with Crippen LogP contribution in [0.5, 0.6) is 5.75 Å². The number of aromatic hydroxyl groups is 1. The first-order valence-corrected chi connectivity index (χ1v) is 8.55. The van der Waals surface area contributed by atoms with E-state index in [1.165, 1.54) is 0 Å². The van der Waals surface area contributed by atoms with Crippen molar-refractivity contribution >= 4 is 21.7 Å². The largest absolute Gasteiger partial charge is 0.508 e. The van der Waals surface area contributed by atoms with Crippen molar-refractivity contribution in [3.8, 4) is 5.75 Å².